The zero-order valence-corrected chi connectivity index (χ0v) is 14.4. The number of rotatable bonds is 3. The van der Waals surface area contributed by atoms with E-state index in [2.05, 4.69) is 5.32 Å². The second kappa shape index (κ2) is 6.33. The third kappa shape index (κ3) is 2.91. The third-order valence-corrected chi connectivity index (χ3v) is 5.54. The second-order valence-corrected chi connectivity index (χ2v) is 6.89. The first kappa shape index (κ1) is 15.8. The van der Waals surface area contributed by atoms with E-state index in [1.807, 2.05) is 29.6 Å². The average Bonchev–Trinajstić information content (AvgIpc) is 3.05. The van der Waals surface area contributed by atoms with E-state index in [9.17, 15) is 9.18 Å². The van der Waals surface area contributed by atoms with Crippen molar-refractivity contribution in [2.45, 2.75) is 12.3 Å². The molecule has 1 aromatic heterocycles. The first-order valence-corrected chi connectivity index (χ1v) is 8.85. The SMILES string of the molecule is COc1cccc(C2CC(=O)Nc3c(-c4ccc(F)cc4)csc32)c1. The fourth-order valence-electron chi connectivity index (χ4n) is 3.20. The second-order valence-electron chi connectivity index (χ2n) is 5.98. The number of carbonyl (C=O) groups is 1. The lowest BCUT2D eigenvalue weighted by atomic mass is 9.89. The van der Waals surface area contributed by atoms with Gasteiger partial charge in [-0.25, -0.2) is 4.39 Å². The zero-order chi connectivity index (χ0) is 17.4. The molecule has 2 aromatic carbocycles. The topological polar surface area (TPSA) is 38.3 Å². The molecule has 2 heterocycles. The number of thiophene rings is 1. The molecule has 5 heteroatoms. The summed E-state index contributed by atoms with van der Waals surface area (Å²) < 4.78 is 18.5. The molecule has 0 fully saturated rings. The molecule has 1 N–H and O–H groups in total. The highest BCUT2D eigenvalue weighted by molar-refractivity contribution is 7.11. The van der Waals surface area contributed by atoms with Gasteiger partial charge < -0.3 is 10.1 Å². The van der Waals surface area contributed by atoms with Crippen LogP contribution in [-0.4, -0.2) is 13.0 Å². The van der Waals surface area contributed by atoms with Crippen LogP contribution in [-0.2, 0) is 4.79 Å². The molecule has 0 radical (unpaired) electrons. The number of hydrogen-bond acceptors (Lipinski definition) is 3. The Balaban J connectivity index is 1.79. The number of anilines is 1. The van der Waals surface area contributed by atoms with Crippen molar-refractivity contribution in [3.63, 3.8) is 0 Å². The smallest absolute Gasteiger partial charge is 0.225 e. The van der Waals surface area contributed by atoms with E-state index in [1.54, 1.807) is 30.6 Å². The number of hydrogen-bond donors (Lipinski definition) is 1. The van der Waals surface area contributed by atoms with E-state index in [-0.39, 0.29) is 17.6 Å². The Morgan fingerprint density at radius 3 is 2.76 bits per heavy atom. The largest absolute Gasteiger partial charge is 0.497 e. The Morgan fingerprint density at radius 1 is 1.20 bits per heavy atom. The molecule has 1 atom stereocenters. The highest BCUT2D eigenvalue weighted by Gasteiger charge is 2.30. The number of fused-ring (bicyclic) bond motifs is 1. The molecule has 4 rings (SSSR count). The predicted molar refractivity (Wildman–Crippen MR) is 97.8 cm³/mol. The number of methoxy groups -OCH3 is 1. The van der Waals surface area contributed by atoms with Crippen LogP contribution < -0.4 is 10.1 Å². The minimum absolute atomic E-state index is 0.00181. The van der Waals surface area contributed by atoms with Crippen molar-refractivity contribution in [2.24, 2.45) is 0 Å². The standard InChI is InChI=1S/C20H16FNO2S/c1-24-15-4-2-3-13(9-15)16-10-18(23)22-19-17(11-25-20(16)19)12-5-7-14(21)8-6-12/h2-9,11,16H,10H2,1H3,(H,22,23). The number of ether oxygens (including phenoxy) is 1. The molecule has 3 aromatic rings. The summed E-state index contributed by atoms with van der Waals surface area (Å²) in [7, 11) is 1.63. The summed E-state index contributed by atoms with van der Waals surface area (Å²) in [5.41, 5.74) is 3.72. The summed E-state index contributed by atoms with van der Waals surface area (Å²) in [6.45, 7) is 0. The Kier molecular flexibility index (Phi) is 4.01. The number of carbonyl (C=O) groups excluding carboxylic acids is 1. The molecule has 0 saturated heterocycles. The number of benzene rings is 2. The first-order chi connectivity index (χ1) is 12.2. The molecule has 1 amide bonds. The Morgan fingerprint density at radius 2 is 2.00 bits per heavy atom. The van der Waals surface area contributed by atoms with Crippen LogP contribution >= 0.6 is 11.3 Å². The molecule has 0 bridgehead atoms. The molecule has 126 valence electrons. The van der Waals surface area contributed by atoms with E-state index in [0.717, 1.165) is 33.0 Å². The fourth-order valence-corrected chi connectivity index (χ4v) is 4.36. The van der Waals surface area contributed by atoms with Gasteiger partial charge in [-0.05, 0) is 35.4 Å². The van der Waals surface area contributed by atoms with Gasteiger partial charge in [0.1, 0.15) is 11.6 Å². The average molecular weight is 353 g/mol. The van der Waals surface area contributed by atoms with E-state index < -0.39 is 0 Å². The zero-order valence-electron chi connectivity index (χ0n) is 13.6. The minimum Gasteiger partial charge on any atom is -0.497 e. The molecule has 0 aliphatic carbocycles. The Bertz CT molecular complexity index is 933. The highest BCUT2D eigenvalue weighted by Crippen LogP contribution is 2.46. The van der Waals surface area contributed by atoms with Gasteiger partial charge in [0.25, 0.3) is 0 Å². The fraction of sp³-hybridized carbons (Fsp3) is 0.150. The maximum Gasteiger partial charge on any atom is 0.225 e. The van der Waals surface area contributed by atoms with Crippen LogP contribution in [0.1, 0.15) is 22.8 Å². The quantitative estimate of drug-likeness (QED) is 0.717. The van der Waals surface area contributed by atoms with Crippen LogP contribution in [0.25, 0.3) is 11.1 Å². The molecule has 0 saturated carbocycles. The molecule has 0 spiro atoms. The molecular formula is C20H16FNO2S. The summed E-state index contributed by atoms with van der Waals surface area (Å²) in [5.74, 6) is 0.492. The van der Waals surface area contributed by atoms with Crippen LogP contribution in [0.15, 0.2) is 53.9 Å². The van der Waals surface area contributed by atoms with Crippen LogP contribution in [0.2, 0.25) is 0 Å². The summed E-state index contributed by atoms with van der Waals surface area (Å²) >= 11 is 1.62. The van der Waals surface area contributed by atoms with Crippen molar-refractivity contribution >= 4 is 22.9 Å². The maximum absolute atomic E-state index is 13.2. The van der Waals surface area contributed by atoms with Crippen LogP contribution in [0.3, 0.4) is 0 Å². The van der Waals surface area contributed by atoms with Crippen molar-refractivity contribution < 1.29 is 13.9 Å². The van der Waals surface area contributed by atoms with Crippen LogP contribution in [0.5, 0.6) is 5.75 Å². The summed E-state index contributed by atoms with van der Waals surface area (Å²) in [6.07, 6.45) is 0.406. The van der Waals surface area contributed by atoms with Gasteiger partial charge in [0.05, 0.1) is 12.8 Å². The van der Waals surface area contributed by atoms with Gasteiger partial charge in [0.15, 0.2) is 0 Å². The lowest BCUT2D eigenvalue weighted by molar-refractivity contribution is -0.116. The third-order valence-electron chi connectivity index (χ3n) is 4.44. The van der Waals surface area contributed by atoms with E-state index in [0.29, 0.717) is 6.42 Å². The molecule has 1 aliphatic heterocycles. The minimum atomic E-state index is -0.272. The van der Waals surface area contributed by atoms with Gasteiger partial charge in [-0.1, -0.05) is 24.3 Å². The Hall–Kier alpha value is -2.66. The summed E-state index contributed by atoms with van der Waals surface area (Å²) in [4.78, 5) is 13.4. The molecular weight excluding hydrogens is 337 g/mol. The van der Waals surface area contributed by atoms with Gasteiger partial charge in [0.2, 0.25) is 5.91 Å². The normalized spacial score (nSPS) is 16.2. The van der Waals surface area contributed by atoms with Crippen LogP contribution in [0.4, 0.5) is 10.1 Å². The van der Waals surface area contributed by atoms with Crippen molar-refractivity contribution in [1.82, 2.24) is 0 Å². The highest BCUT2D eigenvalue weighted by atomic mass is 32.1. The summed E-state index contributed by atoms with van der Waals surface area (Å²) in [5, 5.41) is 5.02. The van der Waals surface area contributed by atoms with Gasteiger partial charge in [0, 0.05) is 28.2 Å². The number of halogens is 1. The monoisotopic (exact) mass is 353 g/mol. The first-order valence-electron chi connectivity index (χ1n) is 7.97. The van der Waals surface area contributed by atoms with Crippen LogP contribution in [0, 0.1) is 5.82 Å². The van der Waals surface area contributed by atoms with E-state index in [4.69, 9.17) is 4.74 Å². The van der Waals surface area contributed by atoms with Gasteiger partial charge >= 0.3 is 0 Å². The lowest BCUT2D eigenvalue weighted by Gasteiger charge is -2.24. The number of nitrogens with one attached hydrogen (secondary N) is 1. The van der Waals surface area contributed by atoms with E-state index >= 15 is 0 Å². The van der Waals surface area contributed by atoms with Crippen molar-refractivity contribution in [3.05, 3.63) is 70.2 Å². The number of amides is 1. The van der Waals surface area contributed by atoms with Crippen molar-refractivity contribution in [3.8, 4) is 16.9 Å². The lowest BCUT2D eigenvalue weighted by Crippen LogP contribution is -2.22. The summed E-state index contributed by atoms with van der Waals surface area (Å²) in [6, 6.07) is 14.2. The Labute approximate surface area is 149 Å². The maximum atomic E-state index is 13.2. The van der Waals surface area contributed by atoms with Gasteiger partial charge in [-0.15, -0.1) is 11.3 Å². The van der Waals surface area contributed by atoms with Crippen molar-refractivity contribution in [1.29, 1.82) is 0 Å². The van der Waals surface area contributed by atoms with Gasteiger partial charge in [-0.3, -0.25) is 4.79 Å². The molecule has 1 unspecified atom stereocenters. The molecule has 1 aliphatic rings. The molecule has 3 nitrogen and oxygen atoms in total. The van der Waals surface area contributed by atoms with E-state index in [1.165, 1.54) is 12.1 Å². The predicted octanol–water partition coefficient (Wildman–Crippen LogP) is 5.04. The van der Waals surface area contributed by atoms with Gasteiger partial charge in [-0.2, -0.15) is 0 Å². The molecule has 25 heavy (non-hydrogen) atoms. The van der Waals surface area contributed by atoms with Crippen molar-refractivity contribution in [2.75, 3.05) is 12.4 Å².